The quantitative estimate of drug-likeness (QED) is 0.169. The minimum atomic E-state index is -0.553. The molecule has 2 aromatic carbocycles. The number of nitrogens with zero attached hydrogens (tertiary/aromatic N) is 5. The summed E-state index contributed by atoms with van der Waals surface area (Å²) in [6.45, 7) is 10.3. The Bertz CT molecular complexity index is 1850. The number of imidazole rings is 1. The Morgan fingerprint density at radius 1 is 1.00 bits per heavy atom. The van der Waals surface area contributed by atoms with Gasteiger partial charge in [-0.1, -0.05) is 24.3 Å². The van der Waals surface area contributed by atoms with Crippen LogP contribution in [-0.4, -0.2) is 61.8 Å². The van der Waals surface area contributed by atoms with E-state index in [0.29, 0.717) is 24.0 Å². The second kappa shape index (κ2) is 12.8. The molecule has 1 atom stereocenters. The van der Waals surface area contributed by atoms with Crippen LogP contribution in [0.4, 0.5) is 0 Å². The van der Waals surface area contributed by atoms with Gasteiger partial charge in [0, 0.05) is 42.1 Å². The van der Waals surface area contributed by atoms with Crippen LogP contribution in [0.3, 0.4) is 0 Å². The van der Waals surface area contributed by atoms with Crippen molar-refractivity contribution in [3.8, 4) is 5.88 Å². The van der Waals surface area contributed by atoms with E-state index in [2.05, 4.69) is 32.7 Å². The number of hydrogen-bond donors (Lipinski definition) is 0. The topological polar surface area (TPSA) is 91.6 Å². The van der Waals surface area contributed by atoms with Gasteiger partial charge in [0.25, 0.3) is 0 Å². The number of ether oxygens (including phenoxy) is 3. The van der Waals surface area contributed by atoms with Crippen LogP contribution in [-0.2, 0) is 29.2 Å². The van der Waals surface area contributed by atoms with Crippen LogP contribution in [0.5, 0.6) is 5.88 Å². The first-order valence-electron chi connectivity index (χ1n) is 16.3. The van der Waals surface area contributed by atoms with Crippen molar-refractivity contribution in [3.63, 3.8) is 0 Å². The highest BCUT2D eigenvalue weighted by atomic mass is 16.6. The fourth-order valence-corrected chi connectivity index (χ4v) is 6.39. The van der Waals surface area contributed by atoms with E-state index in [-0.39, 0.29) is 12.1 Å². The second-order valence-corrected chi connectivity index (χ2v) is 13.4. The average molecular weight is 620 g/mol. The number of fused-ring (bicyclic) bond motifs is 2. The van der Waals surface area contributed by atoms with E-state index in [9.17, 15) is 4.79 Å². The van der Waals surface area contributed by atoms with E-state index in [0.717, 1.165) is 90.9 Å². The number of carbonyl (C=O) groups excluding carboxylic acids is 1. The fourth-order valence-electron chi connectivity index (χ4n) is 6.39. The van der Waals surface area contributed by atoms with Gasteiger partial charge < -0.3 is 18.8 Å². The minimum Gasteiger partial charge on any atom is -0.473 e. The Kier molecular flexibility index (Phi) is 8.44. The maximum Gasteiger partial charge on any atom is 0.338 e. The average Bonchev–Trinajstić information content (AvgIpc) is 3.37. The van der Waals surface area contributed by atoms with Crippen molar-refractivity contribution >= 4 is 27.8 Å². The molecular weight excluding hydrogens is 578 g/mol. The number of carbonyl (C=O) groups is 1. The zero-order valence-corrected chi connectivity index (χ0v) is 26.8. The fraction of sp³-hybridized carbons (Fsp3) is 0.405. The molecule has 0 unspecified atom stereocenters. The second-order valence-electron chi connectivity index (χ2n) is 13.4. The minimum absolute atomic E-state index is 0.172. The summed E-state index contributed by atoms with van der Waals surface area (Å²) in [5.41, 5.74) is 4.03. The van der Waals surface area contributed by atoms with Crippen molar-refractivity contribution in [3.05, 3.63) is 95.7 Å². The monoisotopic (exact) mass is 619 g/mol. The number of likely N-dealkylation sites (tertiary alicyclic amines) is 1. The van der Waals surface area contributed by atoms with Gasteiger partial charge in [-0.05, 0) is 94.4 Å². The van der Waals surface area contributed by atoms with Gasteiger partial charge in [0.05, 0.1) is 35.8 Å². The zero-order valence-electron chi connectivity index (χ0n) is 26.8. The SMILES string of the molecule is CC(C)(C)OC(=O)c1ccc2nc(CN3CCC(c4cccc(OCc5cccc6cnccc56)n4)CC3)n(C[C@@H]3CCO3)c2c1. The first-order valence-corrected chi connectivity index (χ1v) is 16.3. The molecule has 7 rings (SSSR count). The molecule has 5 heterocycles. The molecule has 2 aliphatic rings. The van der Waals surface area contributed by atoms with E-state index in [4.69, 9.17) is 24.2 Å². The molecule has 9 nitrogen and oxygen atoms in total. The molecule has 2 aliphatic heterocycles. The summed E-state index contributed by atoms with van der Waals surface area (Å²) in [4.78, 5) is 29.5. The van der Waals surface area contributed by atoms with E-state index < -0.39 is 5.60 Å². The van der Waals surface area contributed by atoms with E-state index >= 15 is 0 Å². The maximum absolute atomic E-state index is 12.8. The van der Waals surface area contributed by atoms with E-state index in [1.165, 1.54) is 0 Å². The maximum atomic E-state index is 12.8. The summed E-state index contributed by atoms with van der Waals surface area (Å²) in [6, 6.07) is 20.0. The van der Waals surface area contributed by atoms with Gasteiger partial charge in [0.1, 0.15) is 18.0 Å². The van der Waals surface area contributed by atoms with Crippen molar-refractivity contribution in [2.75, 3.05) is 19.7 Å². The summed E-state index contributed by atoms with van der Waals surface area (Å²) in [5, 5.41) is 2.26. The molecule has 3 aromatic heterocycles. The summed E-state index contributed by atoms with van der Waals surface area (Å²) in [7, 11) is 0. The normalized spacial score (nSPS) is 17.7. The van der Waals surface area contributed by atoms with Crippen LogP contribution in [0.1, 0.15) is 73.4 Å². The molecule has 0 N–H and O–H groups in total. The van der Waals surface area contributed by atoms with Gasteiger partial charge in [-0.15, -0.1) is 0 Å². The van der Waals surface area contributed by atoms with E-state index in [1.807, 2.05) is 75.6 Å². The highest BCUT2D eigenvalue weighted by molar-refractivity contribution is 5.94. The van der Waals surface area contributed by atoms with E-state index in [1.54, 1.807) is 0 Å². The van der Waals surface area contributed by atoms with Crippen molar-refractivity contribution < 1.29 is 19.0 Å². The number of benzene rings is 2. The summed E-state index contributed by atoms with van der Waals surface area (Å²) in [6.07, 6.45) is 6.93. The Balaban J connectivity index is 1.02. The zero-order chi connectivity index (χ0) is 31.7. The molecule has 0 spiro atoms. The van der Waals surface area contributed by atoms with Crippen LogP contribution in [0.2, 0.25) is 0 Å². The molecule has 0 aliphatic carbocycles. The number of pyridine rings is 2. The number of aromatic nitrogens is 4. The molecule has 46 heavy (non-hydrogen) atoms. The van der Waals surface area contributed by atoms with Crippen LogP contribution in [0, 0.1) is 0 Å². The number of esters is 1. The molecule has 0 amide bonds. The van der Waals surface area contributed by atoms with Crippen molar-refractivity contribution in [2.24, 2.45) is 0 Å². The third-order valence-electron chi connectivity index (χ3n) is 8.90. The lowest BCUT2D eigenvalue weighted by molar-refractivity contribution is -0.0592. The van der Waals surface area contributed by atoms with Gasteiger partial charge in [-0.3, -0.25) is 9.88 Å². The third-order valence-corrected chi connectivity index (χ3v) is 8.90. The first-order chi connectivity index (χ1) is 22.3. The summed E-state index contributed by atoms with van der Waals surface area (Å²) in [5.74, 6) is 1.72. The standard InChI is InChI=1S/C37H41N5O4/c1-37(2,3)46-36(43)26-10-11-32-33(20-26)42(22-29-15-19-44-29)34(39-32)23-41-17-13-25(14-18-41)31-8-5-9-35(40-31)45-24-28-7-4-6-27-21-38-16-12-30(27)28/h4-12,16,20-21,25,29H,13-15,17-19,22-24H2,1-3H3/t29-/m0/s1. The third kappa shape index (κ3) is 6.76. The van der Waals surface area contributed by atoms with Crippen LogP contribution < -0.4 is 4.74 Å². The van der Waals surface area contributed by atoms with Gasteiger partial charge in [-0.25, -0.2) is 14.8 Å². The first kappa shape index (κ1) is 30.3. The number of hydrogen-bond acceptors (Lipinski definition) is 8. The summed E-state index contributed by atoms with van der Waals surface area (Å²) >= 11 is 0. The lowest BCUT2D eigenvalue weighted by Gasteiger charge is -2.32. The largest absolute Gasteiger partial charge is 0.473 e. The molecule has 0 radical (unpaired) electrons. The molecular formula is C37H41N5O4. The highest BCUT2D eigenvalue weighted by Gasteiger charge is 2.27. The van der Waals surface area contributed by atoms with Crippen LogP contribution in [0.15, 0.2) is 73.1 Å². The molecule has 5 aromatic rings. The van der Waals surface area contributed by atoms with Crippen molar-refractivity contribution in [2.45, 2.75) is 77.4 Å². The van der Waals surface area contributed by atoms with Crippen molar-refractivity contribution in [1.29, 1.82) is 0 Å². The Morgan fingerprint density at radius 2 is 1.83 bits per heavy atom. The molecule has 238 valence electrons. The molecule has 9 heteroatoms. The molecule has 0 bridgehead atoms. The van der Waals surface area contributed by atoms with Gasteiger partial charge in [-0.2, -0.15) is 0 Å². The Labute approximate surface area is 269 Å². The molecule has 0 saturated carbocycles. The number of rotatable bonds is 9. The lowest BCUT2D eigenvalue weighted by Crippen LogP contribution is -2.35. The predicted octanol–water partition coefficient (Wildman–Crippen LogP) is 6.68. The van der Waals surface area contributed by atoms with Gasteiger partial charge in [0.15, 0.2) is 0 Å². The van der Waals surface area contributed by atoms with Crippen LogP contribution in [0.25, 0.3) is 21.8 Å². The Morgan fingerprint density at radius 3 is 2.61 bits per heavy atom. The van der Waals surface area contributed by atoms with Gasteiger partial charge in [0.2, 0.25) is 5.88 Å². The predicted molar refractivity (Wildman–Crippen MR) is 177 cm³/mol. The lowest BCUT2D eigenvalue weighted by atomic mass is 9.93. The van der Waals surface area contributed by atoms with Crippen LogP contribution >= 0.6 is 0 Å². The summed E-state index contributed by atoms with van der Waals surface area (Å²) < 4.78 is 19.9. The van der Waals surface area contributed by atoms with Crippen molar-refractivity contribution in [1.82, 2.24) is 24.4 Å². The Hall–Kier alpha value is -4.34. The molecule has 2 saturated heterocycles. The van der Waals surface area contributed by atoms with Gasteiger partial charge >= 0.3 is 5.97 Å². The number of piperidine rings is 1. The highest BCUT2D eigenvalue weighted by Crippen LogP contribution is 2.30. The smallest absolute Gasteiger partial charge is 0.338 e. The molecule has 2 fully saturated rings.